The molecule has 1 aromatic carbocycles. The van der Waals surface area contributed by atoms with Crippen molar-refractivity contribution >= 4 is 5.91 Å². The molecular weight excluding hydrogens is 358 g/mol. The Kier molecular flexibility index (Phi) is 4.67. The Morgan fingerprint density at radius 3 is 2.46 bits per heavy atom. The van der Waals surface area contributed by atoms with Gasteiger partial charge in [0.05, 0.1) is 22.6 Å². The van der Waals surface area contributed by atoms with Gasteiger partial charge in [-0.3, -0.25) is 4.79 Å². The Balaban J connectivity index is 1.50. The zero-order valence-electron chi connectivity index (χ0n) is 15.3. The van der Waals surface area contributed by atoms with Crippen molar-refractivity contribution in [1.29, 1.82) is 0 Å². The van der Waals surface area contributed by atoms with Crippen molar-refractivity contribution in [3.63, 3.8) is 0 Å². The van der Waals surface area contributed by atoms with Gasteiger partial charge in [0.1, 0.15) is 6.33 Å². The SMILES string of the molecule is Cc1cc(C(=O)NCc2ccc(-c3ncncc3-c3cc(C)no3)cc2)on1. The fraction of sp³-hybridized carbons (Fsp3) is 0.150. The third kappa shape index (κ3) is 3.66. The average molecular weight is 375 g/mol. The molecule has 4 aromatic rings. The molecule has 8 heteroatoms. The lowest BCUT2D eigenvalue weighted by Gasteiger charge is -2.07. The van der Waals surface area contributed by atoms with E-state index >= 15 is 0 Å². The molecule has 0 spiro atoms. The number of hydrogen-bond donors (Lipinski definition) is 1. The molecule has 0 saturated heterocycles. The molecule has 28 heavy (non-hydrogen) atoms. The molecule has 0 aliphatic heterocycles. The molecule has 0 radical (unpaired) electrons. The van der Waals surface area contributed by atoms with Crippen LogP contribution in [0.5, 0.6) is 0 Å². The predicted molar refractivity (Wildman–Crippen MR) is 100 cm³/mol. The van der Waals surface area contributed by atoms with E-state index in [0.29, 0.717) is 18.0 Å². The second-order valence-electron chi connectivity index (χ2n) is 6.33. The first-order valence-corrected chi connectivity index (χ1v) is 8.64. The quantitative estimate of drug-likeness (QED) is 0.570. The van der Waals surface area contributed by atoms with Gasteiger partial charge in [-0.1, -0.05) is 34.6 Å². The maximum absolute atomic E-state index is 12.0. The molecule has 3 aromatic heterocycles. The zero-order valence-corrected chi connectivity index (χ0v) is 15.3. The Morgan fingerprint density at radius 1 is 1.04 bits per heavy atom. The summed E-state index contributed by atoms with van der Waals surface area (Å²) < 4.78 is 10.3. The summed E-state index contributed by atoms with van der Waals surface area (Å²) in [6, 6.07) is 11.2. The van der Waals surface area contributed by atoms with Crippen LogP contribution in [0.3, 0.4) is 0 Å². The number of hydrogen-bond acceptors (Lipinski definition) is 7. The lowest BCUT2D eigenvalue weighted by molar-refractivity contribution is 0.0914. The highest BCUT2D eigenvalue weighted by molar-refractivity contribution is 5.91. The number of nitrogens with zero attached hydrogens (tertiary/aromatic N) is 4. The summed E-state index contributed by atoms with van der Waals surface area (Å²) in [7, 11) is 0. The summed E-state index contributed by atoms with van der Waals surface area (Å²) in [4.78, 5) is 20.5. The van der Waals surface area contributed by atoms with E-state index < -0.39 is 0 Å². The second-order valence-corrected chi connectivity index (χ2v) is 6.33. The third-order valence-corrected chi connectivity index (χ3v) is 4.14. The first kappa shape index (κ1) is 17.6. The highest BCUT2D eigenvalue weighted by Gasteiger charge is 2.14. The van der Waals surface area contributed by atoms with E-state index in [4.69, 9.17) is 9.05 Å². The smallest absolute Gasteiger partial charge is 0.290 e. The van der Waals surface area contributed by atoms with Crippen LogP contribution in [0.25, 0.3) is 22.6 Å². The fourth-order valence-electron chi connectivity index (χ4n) is 2.75. The molecule has 1 amide bonds. The van der Waals surface area contributed by atoms with E-state index in [0.717, 1.165) is 28.1 Å². The molecule has 0 bridgehead atoms. The van der Waals surface area contributed by atoms with Crippen LogP contribution in [-0.2, 0) is 6.54 Å². The molecule has 0 atom stereocenters. The monoisotopic (exact) mass is 375 g/mol. The van der Waals surface area contributed by atoms with Gasteiger partial charge in [0.2, 0.25) is 5.76 Å². The topological polar surface area (TPSA) is 107 Å². The molecular formula is C20H17N5O3. The Labute approximate surface area is 160 Å². The molecule has 3 heterocycles. The van der Waals surface area contributed by atoms with Crippen molar-refractivity contribution in [2.75, 3.05) is 0 Å². The van der Waals surface area contributed by atoms with Gasteiger partial charge in [0, 0.05) is 30.4 Å². The summed E-state index contributed by atoms with van der Waals surface area (Å²) in [5, 5.41) is 10.4. The first-order chi connectivity index (χ1) is 13.6. The molecule has 1 N–H and O–H groups in total. The van der Waals surface area contributed by atoms with E-state index in [2.05, 4.69) is 25.6 Å². The minimum Gasteiger partial charge on any atom is -0.356 e. The molecule has 0 saturated carbocycles. The molecule has 140 valence electrons. The summed E-state index contributed by atoms with van der Waals surface area (Å²) in [6.45, 7) is 4.00. The van der Waals surface area contributed by atoms with E-state index in [1.165, 1.54) is 6.33 Å². The van der Waals surface area contributed by atoms with Gasteiger partial charge < -0.3 is 14.4 Å². The Hall–Kier alpha value is -3.81. The molecule has 0 aliphatic carbocycles. The van der Waals surface area contributed by atoms with Crippen LogP contribution in [0, 0.1) is 13.8 Å². The van der Waals surface area contributed by atoms with E-state index in [1.54, 1.807) is 19.2 Å². The number of rotatable bonds is 5. The van der Waals surface area contributed by atoms with Gasteiger partial charge in [-0.25, -0.2) is 9.97 Å². The van der Waals surface area contributed by atoms with E-state index in [-0.39, 0.29) is 11.7 Å². The van der Waals surface area contributed by atoms with Gasteiger partial charge in [0.25, 0.3) is 5.91 Å². The second kappa shape index (κ2) is 7.43. The van der Waals surface area contributed by atoms with Crippen LogP contribution >= 0.6 is 0 Å². The molecule has 0 unspecified atom stereocenters. The number of carbonyl (C=O) groups is 1. The van der Waals surface area contributed by atoms with Gasteiger partial charge >= 0.3 is 0 Å². The molecule has 0 aliphatic rings. The maximum atomic E-state index is 12.0. The van der Waals surface area contributed by atoms with Crippen LogP contribution in [0.15, 0.2) is 58.0 Å². The summed E-state index contributed by atoms with van der Waals surface area (Å²) >= 11 is 0. The number of aryl methyl sites for hydroxylation is 2. The van der Waals surface area contributed by atoms with Crippen LogP contribution in [0.4, 0.5) is 0 Å². The summed E-state index contributed by atoms with van der Waals surface area (Å²) in [5.41, 5.74) is 4.82. The fourth-order valence-corrected chi connectivity index (χ4v) is 2.75. The Bertz CT molecular complexity index is 1110. The van der Waals surface area contributed by atoms with Gasteiger partial charge in [-0.05, 0) is 19.4 Å². The van der Waals surface area contributed by atoms with Crippen LogP contribution in [-0.4, -0.2) is 26.2 Å². The van der Waals surface area contributed by atoms with E-state index in [1.807, 2.05) is 37.3 Å². The van der Waals surface area contributed by atoms with Crippen molar-refractivity contribution in [2.24, 2.45) is 0 Å². The van der Waals surface area contributed by atoms with Crippen molar-refractivity contribution in [2.45, 2.75) is 20.4 Å². The largest absolute Gasteiger partial charge is 0.356 e. The van der Waals surface area contributed by atoms with Gasteiger partial charge in [-0.2, -0.15) is 0 Å². The standard InChI is InChI=1S/C20H17N5O3/c1-12-7-17(27-24-12)16-10-21-11-23-19(16)15-5-3-14(4-6-15)9-22-20(26)18-8-13(2)25-28-18/h3-8,10-11H,9H2,1-2H3,(H,22,26). The van der Waals surface area contributed by atoms with Crippen LogP contribution < -0.4 is 5.32 Å². The average Bonchev–Trinajstić information content (AvgIpc) is 3.35. The van der Waals surface area contributed by atoms with E-state index in [9.17, 15) is 4.79 Å². The number of benzene rings is 1. The minimum absolute atomic E-state index is 0.196. The lowest BCUT2D eigenvalue weighted by Crippen LogP contribution is -2.22. The van der Waals surface area contributed by atoms with Gasteiger partial charge in [0.15, 0.2) is 5.76 Å². The molecule has 4 rings (SSSR count). The predicted octanol–water partition coefficient (Wildman–Crippen LogP) is 3.33. The highest BCUT2D eigenvalue weighted by Crippen LogP contribution is 2.30. The number of amides is 1. The normalized spacial score (nSPS) is 10.8. The van der Waals surface area contributed by atoms with Crippen LogP contribution in [0.1, 0.15) is 27.5 Å². The summed E-state index contributed by atoms with van der Waals surface area (Å²) in [5.74, 6) is 0.511. The Morgan fingerprint density at radius 2 is 1.79 bits per heavy atom. The number of nitrogens with one attached hydrogen (secondary N) is 1. The maximum Gasteiger partial charge on any atom is 0.290 e. The van der Waals surface area contributed by atoms with Crippen molar-refractivity contribution in [1.82, 2.24) is 25.6 Å². The third-order valence-electron chi connectivity index (χ3n) is 4.14. The van der Waals surface area contributed by atoms with Crippen molar-refractivity contribution in [3.8, 4) is 22.6 Å². The van der Waals surface area contributed by atoms with Crippen molar-refractivity contribution < 1.29 is 13.8 Å². The lowest BCUT2D eigenvalue weighted by atomic mass is 10.0. The number of carbonyl (C=O) groups excluding carboxylic acids is 1. The van der Waals surface area contributed by atoms with Gasteiger partial charge in [-0.15, -0.1) is 0 Å². The summed E-state index contributed by atoms with van der Waals surface area (Å²) in [6.07, 6.45) is 3.20. The van der Waals surface area contributed by atoms with Crippen molar-refractivity contribution in [3.05, 3.63) is 71.6 Å². The molecule has 0 fully saturated rings. The van der Waals surface area contributed by atoms with Crippen LogP contribution in [0.2, 0.25) is 0 Å². The highest BCUT2D eigenvalue weighted by atomic mass is 16.5. The number of aromatic nitrogens is 4. The zero-order chi connectivity index (χ0) is 19.5. The molecule has 8 nitrogen and oxygen atoms in total. The first-order valence-electron chi connectivity index (χ1n) is 8.64. The minimum atomic E-state index is -0.302.